The molecule has 0 saturated heterocycles. The highest BCUT2D eigenvalue weighted by atomic mass is 19.4. The van der Waals surface area contributed by atoms with Gasteiger partial charge in [0.15, 0.2) is 5.82 Å². The average molecular weight is 476 g/mol. The zero-order valence-electron chi connectivity index (χ0n) is 18.1. The minimum absolute atomic E-state index is 0.0492. The fourth-order valence-electron chi connectivity index (χ4n) is 3.97. The van der Waals surface area contributed by atoms with Crippen LogP contribution in [-0.2, 0) is 19.4 Å². The molecule has 0 atom stereocenters. The molecule has 2 N–H and O–H groups in total. The lowest BCUT2D eigenvalue weighted by atomic mass is 10.2. The number of aromatic nitrogens is 3. The zero-order chi connectivity index (χ0) is 24.3. The molecule has 2 aromatic heterocycles. The van der Waals surface area contributed by atoms with Crippen molar-refractivity contribution in [1.29, 1.82) is 0 Å². The van der Waals surface area contributed by atoms with Crippen LogP contribution in [0, 0.1) is 0 Å². The number of aliphatic hydroxyl groups is 1. The van der Waals surface area contributed by atoms with Crippen LogP contribution in [-0.4, -0.2) is 32.4 Å². The summed E-state index contributed by atoms with van der Waals surface area (Å²) in [4.78, 5) is 25.9. The number of aliphatic hydroxyl groups excluding tert-OH is 1. The first-order chi connectivity index (χ1) is 16.3. The highest BCUT2D eigenvalue weighted by Gasteiger charge is 2.31. The Morgan fingerprint density at radius 2 is 1.76 bits per heavy atom. The van der Waals surface area contributed by atoms with Crippen LogP contribution in [0.15, 0.2) is 52.2 Å². The van der Waals surface area contributed by atoms with Gasteiger partial charge in [-0.2, -0.15) is 4.68 Å². The van der Waals surface area contributed by atoms with Crippen LogP contribution in [0.2, 0.25) is 0 Å². The van der Waals surface area contributed by atoms with Gasteiger partial charge in [-0.3, -0.25) is 9.59 Å². The third-order valence-corrected chi connectivity index (χ3v) is 5.55. The van der Waals surface area contributed by atoms with Crippen LogP contribution < -0.4 is 21.2 Å². The van der Waals surface area contributed by atoms with E-state index in [0.29, 0.717) is 43.6 Å². The van der Waals surface area contributed by atoms with Crippen LogP contribution in [0.4, 0.5) is 24.7 Å². The van der Waals surface area contributed by atoms with Crippen molar-refractivity contribution in [2.75, 3.05) is 11.9 Å². The molecule has 0 radical (unpaired) electrons. The van der Waals surface area contributed by atoms with E-state index in [1.807, 2.05) is 0 Å². The Bertz CT molecular complexity index is 1280. The number of ether oxygens (including phenoxy) is 1. The Hall–Kier alpha value is -3.60. The zero-order valence-corrected chi connectivity index (χ0v) is 18.1. The van der Waals surface area contributed by atoms with Crippen LogP contribution in [0.1, 0.15) is 30.4 Å². The van der Waals surface area contributed by atoms with Gasteiger partial charge in [-0.25, -0.2) is 0 Å². The van der Waals surface area contributed by atoms with Gasteiger partial charge in [-0.05, 0) is 68.5 Å². The molecule has 3 aromatic rings. The van der Waals surface area contributed by atoms with E-state index in [9.17, 15) is 22.8 Å². The molecule has 0 fully saturated rings. The number of unbranched alkanes of at least 4 members (excludes halogenated alkanes) is 1. The van der Waals surface area contributed by atoms with Gasteiger partial charge in [0.25, 0.3) is 11.1 Å². The molecular weight excluding hydrogens is 453 g/mol. The molecule has 0 amide bonds. The van der Waals surface area contributed by atoms with Gasteiger partial charge in [0.1, 0.15) is 11.4 Å². The van der Waals surface area contributed by atoms with E-state index in [-0.39, 0.29) is 29.1 Å². The number of nitrogens with zero attached hydrogens (tertiary/aromatic N) is 3. The highest BCUT2D eigenvalue weighted by Crippen LogP contribution is 2.28. The van der Waals surface area contributed by atoms with Crippen molar-refractivity contribution in [3.8, 4) is 11.4 Å². The van der Waals surface area contributed by atoms with Crippen LogP contribution in [0.3, 0.4) is 0 Å². The number of rotatable bonds is 8. The van der Waals surface area contributed by atoms with E-state index in [0.717, 1.165) is 28.8 Å². The maximum absolute atomic E-state index is 13.0. The molecule has 11 heteroatoms. The van der Waals surface area contributed by atoms with E-state index < -0.39 is 12.1 Å². The molecule has 1 aliphatic carbocycles. The third kappa shape index (κ3) is 5.14. The molecule has 0 aliphatic heterocycles. The number of hydrogen-bond acceptors (Lipinski definition) is 6. The fourth-order valence-corrected chi connectivity index (χ4v) is 3.97. The molecule has 0 saturated carbocycles. The minimum Gasteiger partial charge on any atom is -0.406 e. The summed E-state index contributed by atoms with van der Waals surface area (Å²) < 4.78 is 43.9. The second-order valence-electron chi connectivity index (χ2n) is 7.89. The van der Waals surface area contributed by atoms with Crippen molar-refractivity contribution < 1.29 is 23.0 Å². The first-order valence-electron chi connectivity index (χ1n) is 10.9. The first kappa shape index (κ1) is 23.6. The highest BCUT2D eigenvalue weighted by molar-refractivity contribution is 5.61. The van der Waals surface area contributed by atoms with Gasteiger partial charge in [-0.15, -0.1) is 18.3 Å². The van der Waals surface area contributed by atoms with Crippen molar-refractivity contribution in [3.05, 3.63) is 74.4 Å². The predicted molar refractivity (Wildman–Crippen MR) is 119 cm³/mol. The monoisotopic (exact) mass is 476 g/mol. The smallest absolute Gasteiger partial charge is 0.406 e. The number of hydrogen-bond donors (Lipinski definition) is 2. The van der Waals surface area contributed by atoms with E-state index in [1.54, 1.807) is 18.3 Å². The van der Waals surface area contributed by atoms with Gasteiger partial charge in [-0.1, -0.05) is 0 Å². The van der Waals surface area contributed by atoms with Crippen LogP contribution in [0.25, 0.3) is 5.69 Å². The van der Waals surface area contributed by atoms with Crippen molar-refractivity contribution in [3.63, 3.8) is 0 Å². The SMILES string of the molecule is O=c1c(Nc2nn(-c3ccc(OC(F)(F)F)cc3)c(=O)c3c2CCC3)cccn1CCCCO. The lowest BCUT2D eigenvalue weighted by Gasteiger charge is -2.15. The normalized spacial score (nSPS) is 13.1. The average Bonchev–Trinajstić information content (AvgIpc) is 3.29. The Morgan fingerprint density at radius 3 is 2.47 bits per heavy atom. The van der Waals surface area contributed by atoms with Gasteiger partial charge < -0.3 is 19.7 Å². The van der Waals surface area contributed by atoms with E-state index in [2.05, 4.69) is 15.2 Å². The Labute approximate surface area is 192 Å². The summed E-state index contributed by atoms with van der Waals surface area (Å²) in [5.41, 5.74) is 1.23. The largest absolute Gasteiger partial charge is 0.573 e. The minimum atomic E-state index is -4.82. The van der Waals surface area contributed by atoms with Gasteiger partial charge in [0.05, 0.1) is 5.69 Å². The van der Waals surface area contributed by atoms with E-state index in [4.69, 9.17) is 5.11 Å². The molecule has 4 rings (SSSR count). The number of anilines is 2. The number of nitrogens with one attached hydrogen (secondary N) is 1. The third-order valence-electron chi connectivity index (χ3n) is 5.55. The second kappa shape index (κ2) is 9.72. The van der Waals surface area contributed by atoms with Gasteiger partial charge in [0, 0.05) is 30.5 Å². The van der Waals surface area contributed by atoms with Crippen LogP contribution in [0.5, 0.6) is 5.75 Å². The summed E-state index contributed by atoms with van der Waals surface area (Å²) in [7, 11) is 0. The Kier molecular flexibility index (Phi) is 6.73. The second-order valence-corrected chi connectivity index (χ2v) is 7.89. The van der Waals surface area contributed by atoms with Gasteiger partial charge >= 0.3 is 6.36 Å². The van der Waals surface area contributed by atoms with Crippen molar-refractivity contribution in [2.45, 2.75) is 45.0 Å². The number of alkyl halides is 3. The molecule has 180 valence electrons. The molecule has 0 bridgehead atoms. The summed E-state index contributed by atoms with van der Waals surface area (Å²) in [6.07, 6.45) is -0.0134. The Balaban J connectivity index is 1.69. The molecule has 0 unspecified atom stereocenters. The lowest BCUT2D eigenvalue weighted by molar-refractivity contribution is -0.274. The van der Waals surface area contributed by atoms with Crippen molar-refractivity contribution >= 4 is 11.5 Å². The van der Waals surface area contributed by atoms with E-state index >= 15 is 0 Å². The summed E-state index contributed by atoms with van der Waals surface area (Å²) in [5, 5.41) is 16.4. The first-order valence-corrected chi connectivity index (χ1v) is 10.9. The standard InChI is InChI=1S/C23H23F3N4O4/c24-23(25,26)34-16-10-8-15(9-11-16)30-21(32)18-6-3-5-17(18)20(28-30)27-19-7-4-13-29(22(19)33)12-1-2-14-31/h4,7-11,13,31H,1-3,5-6,12,14H2,(H,27,28). The fraction of sp³-hybridized carbons (Fsp3) is 0.348. The summed E-state index contributed by atoms with van der Waals surface area (Å²) in [6, 6.07) is 8.19. The van der Waals surface area contributed by atoms with Gasteiger partial charge in [0.2, 0.25) is 0 Å². The van der Waals surface area contributed by atoms with Crippen molar-refractivity contribution in [1.82, 2.24) is 14.3 Å². The number of aryl methyl sites for hydroxylation is 1. The number of fused-ring (bicyclic) bond motifs is 1. The molecule has 2 heterocycles. The maximum Gasteiger partial charge on any atom is 0.573 e. The quantitative estimate of drug-likeness (QED) is 0.484. The summed E-state index contributed by atoms with van der Waals surface area (Å²) in [6.45, 7) is 0.500. The molecule has 1 aromatic carbocycles. The molecule has 34 heavy (non-hydrogen) atoms. The number of benzene rings is 1. The maximum atomic E-state index is 13.0. The molecule has 0 spiro atoms. The topological polar surface area (TPSA) is 98.4 Å². The molecule has 8 nitrogen and oxygen atoms in total. The van der Waals surface area contributed by atoms with Crippen LogP contribution >= 0.6 is 0 Å². The molecule has 1 aliphatic rings. The molecular formula is C23H23F3N4O4. The van der Waals surface area contributed by atoms with E-state index in [1.165, 1.54) is 16.7 Å². The van der Waals surface area contributed by atoms with Crippen molar-refractivity contribution in [2.24, 2.45) is 0 Å². The lowest BCUT2D eigenvalue weighted by Crippen LogP contribution is -2.27. The summed E-state index contributed by atoms with van der Waals surface area (Å²) in [5.74, 6) is -0.0530. The number of halogens is 3. The summed E-state index contributed by atoms with van der Waals surface area (Å²) >= 11 is 0. The predicted octanol–water partition coefficient (Wildman–Crippen LogP) is 3.30. The Morgan fingerprint density at radius 1 is 1.03 bits per heavy atom. The number of pyridine rings is 1.